The molecule has 31 heavy (non-hydrogen) atoms. The highest BCUT2D eigenvalue weighted by Gasteiger charge is 2.35. The Bertz CT molecular complexity index is 1040. The second-order valence-electron chi connectivity index (χ2n) is 8.38. The van der Waals surface area contributed by atoms with Gasteiger partial charge in [-0.1, -0.05) is 6.07 Å². The van der Waals surface area contributed by atoms with Crippen molar-refractivity contribution >= 4 is 25.8 Å². The number of carbonyl (C=O) groups is 1. The monoisotopic (exact) mass is 471 g/mol. The minimum Gasteiger partial charge on any atom is -0.379 e. The number of amides is 1. The number of aryl methyl sites for hydroxylation is 1. The van der Waals surface area contributed by atoms with Crippen LogP contribution in [0.1, 0.15) is 22.3 Å². The lowest BCUT2D eigenvalue weighted by molar-refractivity contribution is 0.0586. The predicted octanol–water partition coefficient (Wildman–Crippen LogP) is -0.0392. The van der Waals surface area contributed by atoms with Gasteiger partial charge in [-0.25, -0.2) is 16.8 Å². The third kappa shape index (κ3) is 4.80. The zero-order valence-electron chi connectivity index (χ0n) is 17.7. The number of morpholine rings is 1. The summed E-state index contributed by atoms with van der Waals surface area (Å²) in [4.78, 5) is 17.2. The fourth-order valence-corrected chi connectivity index (χ4v) is 7.65. The van der Waals surface area contributed by atoms with E-state index in [9.17, 15) is 21.6 Å². The first-order chi connectivity index (χ1) is 14.7. The summed E-state index contributed by atoms with van der Waals surface area (Å²) < 4.78 is 56.1. The Morgan fingerprint density at radius 3 is 2.35 bits per heavy atom. The van der Waals surface area contributed by atoms with Crippen LogP contribution in [0.15, 0.2) is 23.1 Å². The van der Waals surface area contributed by atoms with Crippen molar-refractivity contribution in [1.82, 2.24) is 14.1 Å². The maximum atomic E-state index is 13.2. The molecule has 1 amide bonds. The van der Waals surface area contributed by atoms with E-state index in [-0.39, 0.29) is 28.4 Å². The van der Waals surface area contributed by atoms with Crippen LogP contribution in [0.3, 0.4) is 0 Å². The van der Waals surface area contributed by atoms with Crippen molar-refractivity contribution in [2.45, 2.75) is 24.3 Å². The van der Waals surface area contributed by atoms with Gasteiger partial charge < -0.3 is 9.64 Å². The Morgan fingerprint density at radius 1 is 1.06 bits per heavy atom. The number of benzene rings is 1. The molecular weight excluding hydrogens is 442 g/mol. The summed E-state index contributed by atoms with van der Waals surface area (Å²) >= 11 is 0. The lowest BCUT2D eigenvalue weighted by Crippen LogP contribution is -2.52. The highest BCUT2D eigenvalue weighted by Crippen LogP contribution is 2.23. The number of hydrogen-bond donors (Lipinski definition) is 0. The van der Waals surface area contributed by atoms with Crippen molar-refractivity contribution in [1.29, 1.82) is 0 Å². The molecule has 0 aliphatic carbocycles. The van der Waals surface area contributed by atoms with E-state index in [1.165, 1.54) is 10.4 Å². The zero-order valence-corrected chi connectivity index (χ0v) is 19.3. The molecule has 3 saturated heterocycles. The molecule has 0 aromatic heterocycles. The van der Waals surface area contributed by atoms with Crippen LogP contribution in [0.5, 0.6) is 0 Å². The van der Waals surface area contributed by atoms with Gasteiger partial charge in [0.2, 0.25) is 10.0 Å². The minimum atomic E-state index is -3.68. The summed E-state index contributed by atoms with van der Waals surface area (Å²) in [6, 6.07) is 4.75. The summed E-state index contributed by atoms with van der Waals surface area (Å²) in [6.07, 6.45) is 0.650. The standard InChI is InChI=1S/C20H29N3O6S2/c1-16-2-3-18(31(27,28)23-9-11-29-12-10-23)14-19(16)20(24)22-7-5-21(6-8-22)17-4-13-30(25,26)15-17/h2-3,14,17H,4-13,15H2,1H3/t17-/m0/s1. The van der Waals surface area contributed by atoms with Crippen molar-refractivity contribution in [2.75, 3.05) is 64.0 Å². The van der Waals surface area contributed by atoms with Crippen LogP contribution in [-0.4, -0.2) is 107 Å². The molecule has 4 rings (SSSR count). The molecule has 0 saturated carbocycles. The van der Waals surface area contributed by atoms with E-state index in [1.807, 2.05) is 0 Å². The molecule has 11 heteroatoms. The number of sulfonamides is 1. The van der Waals surface area contributed by atoms with E-state index >= 15 is 0 Å². The fourth-order valence-electron chi connectivity index (χ4n) is 4.45. The first-order valence-corrected chi connectivity index (χ1v) is 13.9. The highest BCUT2D eigenvalue weighted by molar-refractivity contribution is 7.91. The first-order valence-electron chi connectivity index (χ1n) is 10.6. The molecule has 0 spiro atoms. The zero-order chi connectivity index (χ0) is 22.2. The van der Waals surface area contributed by atoms with E-state index in [0.717, 1.165) is 5.56 Å². The van der Waals surface area contributed by atoms with Gasteiger partial charge in [-0.3, -0.25) is 9.69 Å². The molecule has 0 bridgehead atoms. The van der Waals surface area contributed by atoms with Crippen molar-refractivity contribution in [2.24, 2.45) is 0 Å². The largest absolute Gasteiger partial charge is 0.379 e. The van der Waals surface area contributed by atoms with Crippen molar-refractivity contribution in [3.63, 3.8) is 0 Å². The summed E-state index contributed by atoms with van der Waals surface area (Å²) in [5, 5.41) is 0. The van der Waals surface area contributed by atoms with Crippen LogP contribution >= 0.6 is 0 Å². The van der Waals surface area contributed by atoms with Gasteiger partial charge in [-0.2, -0.15) is 4.31 Å². The van der Waals surface area contributed by atoms with Crippen LogP contribution in [0.25, 0.3) is 0 Å². The molecule has 1 aromatic carbocycles. The van der Waals surface area contributed by atoms with Gasteiger partial charge in [0.25, 0.3) is 5.91 Å². The summed E-state index contributed by atoms with van der Waals surface area (Å²) in [5.41, 5.74) is 1.13. The summed E-state index contributed by atoms with van der Waals surface area (Å²) in [5.74, 6) is 0.247. The fraction of sp³-hybridized carbons (Fsp3) is 0.650. The predicted molar refractivity (Wildman–Crippen MR) is 115 cm³/mol. The maximum absolute atomic E-state index is 13.2. The minimum absolute atomic E-state index is 0.0333. The lowest BCUT2D eigenvalue weighted by Gasteiger charge is -2.37. The Balaban J connectivity index is 1.46. The number of ether oxygens (including phenoxy) is 1. The van der Waals surface area contributed by atoms with Gasteiger partial charge in [0.15, 0.2) is 9.84 Å². The topological polar surface area (TPSA) is 104 Å². The van der Waals surface area contributed by atoms with Crippen molar-refractivity contribution in [3.8, 4) is 0 Å². The SMILES string of the molecule is Cc1ccc(S(=O)(=O)N2CCOCC2)cc1C(=O)N1CCN([C@H]2CCS(=O)(=O)C2)CC1. The number of hydrogen-bond acceptors (Lipinski definition) is 7. The van der Waals surface area contributed by atoms with Crippen LogP contribution < -0.4 is 0 Å². The average Bonchev–Trinajstić information content (AvgIpc) is 3.14. The molecule has 9 nitrogen and oxygen atoms in total. The van der Waals surface area contributed by atoms with Gasteiger partial charge in [-0.05, 0) is 31.0 Å². The molecule has 0 N–H and O–H groups in total. The van der Waals surface area contributed by atoms with Crippen molar-refractivity contribution < 1.29 is 26.4 Å². The number of nitrogens with zero attached hydrogens (tertiary/aromatic N) is 3. The van der Waals surface area contributed by atoms with E-state index < -0.39 is 19.9 Å². The highest BCUT2D eigenvalue weighted by atomic mass is 32.2. The lowest BCUT2D eigenvalue weighted by atomic mass is 10.1. The van der Waals surface area contributed by atoms with E-state index in [4.69, 9.17) is 4.74 Å². The number of piperazine rings is 1. The molecule has 1 atom stereocenters. The van der Waals surface area contributed by atoms with E-state index in [0.29, 0.717) is 64.5 Å². The van der Waals surface area contributed by atoms with Crippen molar-refractivity contribution in [3.05, 3.63) is 29.3 Å². The van der Waals surface area contributed by atoms with E-state index in [2.05, 4.69) is 4.90 Å². The second-order valence-corrected chi connectivity index (χ2v) is 12.5. The molecule has 0 radical (unpaired) electrons. The molecule has 172 valence electrons. The quantitative estimate of drug-likeness (QED) is 0.607. The molecule has 3 heterocycles. The third-order valence-corrected chi connectivity index (χ3v) is 10.0. The molecular formula is C20H29N3O6S2. The number of carbonyl (C=O) groups excluding carboxylic acids is 1. The maximum Gasteiger partial charge on any atom is 0.254 e. The Morgan fingerprint density at radius 2 is 1.74 bits per heavy atom. The van der Waals surface area contributed by atoms with Crippen LogP contribution in [0, 0.1) is 6.92 Å². The molecule has 1 aromatic rings. The average molecular weight is 472 g/mol. The second kappa shape index (κ2) is 8.78. The van der Waals surface area contributed by atoms with Gasteiger partial charge in [-0.15, -0.1) is 0 Å². The summed E-state index contributed by atoms with van der Waals surface area (Å²) in [7, 11) is -6.62. The normalized spacial score (nSPS) is 25.6. The van der Waals surface area contributed by atoms with Crippen LogP contribution in [-0.2, 0) is 24.6 Å². The van der Waals surface area contributed by atoms with Gasteiger partial charge >= 0.3 is 0 Å². The van der Waals surface area contributed by atoms with Gasteiger partial charge in [0.1, 0.15) is 0 Å². The first kappa shape index (κ1) is 22.7. The Hall–Kier alpha value is -1.53. The molecule has 0 unspecified atom stereocenters. The van der Waals surface area contributed by atoms with Gasteiger partial charge in [0, 0.05) is 50.9 Å². The molecule has 3 fully saturated rings. The van der Waals surface area contributed by atoms with Crippen LogP contribution in [0.4, 0.5) is 0 Å². The number of sulfone groups is 1. The van der Waals surface area contributed by atoms with Crippen LogP contribution in [0.2, 0.25) is 0 Å². The van der Waals surface area contributed by atoms with Gasteiger partial charge in [0.05, 0.1) is 29.6 Å². The Kier molecular flexibility index (Phi) is 6.42. The Labute approximate surface area is 183 Å². The third-order valence-electron chi connectivity index (χ3n) is 6.37. The smallest absolute Gasteiger partial charge is 0.254 e. The molecule has 3 aliphatic rings. The molecule has 3 aliphatic heterocycles. The van der Waals surface area contributed by atoms with E-state index in [1.54, 1.807) is 24.0 Å². The number of rotatable bonds is 4. The summed E-state index contributed by atoms with van der Waals surface area (Å²) in [6.45, 7) is 5.37.